The molecule has 0 radical (unpaired) electrons. The Morgan fingerprint density at radius 2 is 1.85 bits per heavy atom. The van der Waals surface area contributed by atoms with Gasteiger partial charge in [0.1, 0.15) is 22.2 Å². The molecule has 0 spiro atoms. The Hall–Kier alpha value is -2.30. The predicted octanol–water partition coefficient (Wildman–Crippen LogP) is 5.50. The molecule has 2 N–H and O–H groups in total. The summed E-state index contributed by atoms with van der Waals surface area (Å²) < 4.78 is 71.4. The van der Waals surface area contributed by atoms with Crippen LogP contribution in [0, 0.1) is 0 Å². The van der Waals surface area contributed by atoms with E-state index >= 15 is 0 Å². The lowest BCUT2D eigenvalue weighted by Crippen LogP contribution is -2.43. The molecule has 10 nitrogen and oxygen atoms in total. The minimum Gasteiger partial charge on any atom is -0.415 e. The number of alkyl halides is 3. The summed E-state index contributed by atoms with van der Waals surface area (Å²) in [5.41, 5.74) is -1.40. The fraction of sp³-hybridized carbons (Fsp3) is 0.478. The van der Waals surface area contributed by atoms with Crippen molar-refractivity contribution in [3.63, 3.8) is 0 Å². The Morgan fingerprint density at radius 1 is 1.20 bits per heavy atom. The average molecular weight is 645 g/mol. The van der Waals surface area contributed by atoms with Crippen LogP contribution in [0.5, 0.6) is 0 Å². The van der Waals surface area contributed by atoms with E-state index < -0.39 is 43.7 Å². The van der Waals surface area contributed by atoms with Crippen molar-refractivity contribution in [2.75, 3.05) is 13.1 Å². The highest BCUT2D eigenvalue weighted by atomic mass is 35.5. The molecule has 2 aromatic heterocycles. The van der Waals surface area contributed by atoms with E-state index in [9.17, 15) is 31.5 Å². The second-order valence-corrected chi connectivity index (χ2v) is 12.6. The first-order valence-electron chi connectivity index (χ1n) is 11.9. The Kier molecular flexibility index (Phi) is 9.58. The van der Waals surface area contributed by atoms with E-state index in [4.69, 9.17) is 27.6 Å². The van der Waals surface area contributed by atoms with E-state index in [-0.39, 0.29) is 37.9 Å². The zero-order valence-corrected chi connectivity index (χ0v) is 25.1. The number of thiazole rings is 1. The highest BCUT2D eigenvalue weighted by molar-refractivity contribution is 7.89. The van der Waals surface area contributed by atoms with E-state index in [0.29, 0.717) is 26.4 Å². The van der Waals surface area contributed by atoms with Crippen LogP contribution in [-0.4, -0.2) is 64.8 Å². The van der Waals surface area contributed by atoms with Gasteiger partial charge in [0, 0.05) is 18.7 Å². The maximum Gasteiger partial charge on any atom is 0.404 e. The lowest BCUT2D eigenvalue weighted by molar-refractivity contribution is -0.147. The minimum absolute atomic E-state index is 0.0595. The molecule has 0 saturated carbocycles. The zero-order valence-electron chi connectivity index (χ0n) is 21.9. The predicted molar refractivity (Wildman–Crippen MR) is 144 cm³/mol. The average Bonchev–Trinajstić information content (AvgIpc) is 3.50. The molecule has 220 valence electrons. The SMILES string of the molecule is CCCN(CC)C(=O)c1nc(-c2nnc(C(C)(C)O)o2)sc1-c1ccc(S(=O)(=O)N[C@@H](C)C(F)(F)F)c(Cl)c1Cl. The summed E-state index contributed by atoms with van der Waals surface area (Å²) in [5, 5.41) is 17.1. The quantitative estimate of drug-likeness (QED) is 0.295. The highest BCUT2D eigenvalue weighted by Crippen LogP contribution is 2.43. The van der Waals surface area contributed by atoms with Crippen molar-refractivity contribution in [1.82, 2.24) is 24.8 Å². The maximum absolute atomic E-state index is 13.5. The number of halogens is 5. The number of rotatable bonds is 10. The normalized spacial score (nSPS) is 13.5. The monoisotopic (exact) mass is 643 g/mol. The van der Waals surface area contributed by atoms with Crippen LogP contribution in [0.2, 0.25) is 10.0 Å². The van der Waals surface area contributed by atoms with Gasteiger partial charge in [-0.25, -0.2) is 13.4 Å². The van der Waals surface area contributed by atoms with Gasteiger partial charge in [-0.2, -0.15) is 17.9 Å². The van der Waals surface area contributed by atoms with Gasteiger partial charge in [-0.15, -0.1) is 21.5 Å². The molecular weight excluding hydrogens is 618 g/mol. The van der Waals surface area contributed by atoms with Crippen molar-refractivity contribution in [3.8, 4) is 21.3 Å². The zero-order chi connectivity index (χ0) is 30.2. The summed E-state index contributed by atoms with van der Waals surface area (Å²) in [5.74, 6) is -0.647. The molecule has 17 heteroatoms. The number of carbonyl (C=O) groups is 1. The van der Waals surface area contributed by atoms with Gasteiger partial charge in [0.05, 0.1) is 14.9 Å². The van der Waals surface area contributed by atoms with E-state index in [2.05, 4.69) is 15.2 Å². The molecule has 3 aromatic rings. The number of carbonyl (C=O) groups excluding carboxylic acids is 1. The molecule has 0 bridgehead atoms. The number of hydrogen-bond acceptors (Lipinski definition) is 9. The van der Waals surface area contributed by atoms with Crippen molar-refractivity contribution in [2.45, 2.75) is 63.8 Å². The third-order valence-corrected chi connectivity index (χ3v) is 9.18. The molecule has 1 amide bonds. The summed E-state index contributed by atoms with van der Waals surface area (Å²) in [4.78, 5) is 18.9. The molecule has 0 aliphatic carbocycles. The number of aliphatic hydroxyl groups is 1. The van der Waals surface area contributed by atoms with Crippen molar-refractivity contribution >= 4 is 50.5 Å². The molecule has 1 aromatic carbocycles. The fourth-order valence-electron chi connectivity index (χ4n) is 3.40. The van der Waals surface area contributed by atoms with Gasteiger partial charge in [-0.05, 0) is 40.2 Å². The molecule has 1 atom stereocenters. The first-order chi connectivity index (χ1) is 18.4. The first kappa shape index (κ1) is 32.2. The lowest BCUT2D eigenvalue weighted by atomic mass is 10.1. The van der Waals surface area contributed by atoms with Crippen LogP contribution in [0.3, 0.4) is 0 Å². The van der Waals surface area contributed by atoms with Crippen molar-refractivity contribution in [2.24, 2.45) is 0 Å². The Bertz CT molecular complexity index is 1500. The summed E-state index contributed by atoms with van der Waals surface area (Å²) in [6.07, 6.45) is -4.17. The highest BCUT2D eigenvalue weighted by Gasteiger charge is 2.39. The second-order valence-electron chi connectivity index (χ2n) is 9.18. The minimum atomic E-state index is -4.83. The molecule has 0 saturated heterocycles. The number of aromatic nitrogens is 3. The van der Waals surface area contributed by atoms with Crippen LogP contribution in [0.25, 0.3) is 21.3 Å². The van der Waals surface area contributed by atoms with Gasteiger partial charge in [-0.1, -0.05) is 36.2 Å². The topological polar surface area (TPSA) is 139 Å². The van der Waals surface area contributed by atoms with Crippen molar-refractivity contribution in [1.29, 1.82) is 0 Å². The lowest BCUT2D eigenvalue weighted by Gasteiger charge is -2.20. The van der Waals surface area contributed by atoms with Crippen molar-refractivity contribution < 1.29 is 35.9 Å². The summed E-state index contributed by atoms with van der Waals surface area (Å²) in [6, 6.07) is -0.172. The Balaban J connectivity index is 2.17. The molecule has 2 heterocycles. The van der Waals surface area contributed by atoms with E-state index in [1.54, 1.807) is 6.92 Å². The molecule has 40 heavy (non-hydrogen) atoms. The van der Waals surface area contributed by atoms with Crippen LogP contribution in [-0.2, 0) is 15.6 Å². The van der Waals surface area contributed by atoms with E-state index in [1.807, 2.05) is 6.92 Å². The third kappa shape index (κ3) is 6.77. The van der Waals surface area contributed by atoms with Gasteiger partial charge in [0.25, 0.3) is 11.8 Å². The molecule has 0 aliphatic heterocycles. The Morgan fingerprint density at radius 3 is 2.38 bits per heavy atom. The van der Waals surface area contributed by atoms with Gasteiger partial charge in [-0.3, -0.25) is 4.79 Å². The van der Waals surface area contributed by atoms with Crippen molar-refractivity contribution in [3.05, 3.63) is 33.8 Å². The molecule has 3 rings (SSSR count). The summed E-state index contributed by atoms with van der Waals surface area (Å²) >= 11 is 13.6. The second kappa shape index (κ2) is 11.9. The number of hydrogen-bond donors (Lipinski definition) is 2. The third-order valence-electron chi connectivity index (χ3n) is 5.53. The van der Waals surface area contributed by atoms with Crippen LogP contribution in [0.1, 0.15) is 57.4 Å². The van der Waals surface area contributed by atoms with Crippen LogP contribution < -0.4 is 4.72 Å². The van der Waals surface area contributed by atoms with Gasteiger partial charge < -0.3 is 14.4 Å². The number of nitrogens with one attached hydrogen (secondary N) is 1. The Labute approximate surface area is 242 Å². The first-order valence-corrected chi connectivity index (χ1v) is 14.9. The number of benzene rings is 1. The van der Waals surface area contributed by atoms with E-state index in [1.165, 1.54) is 29.5 Å². The molecule has 0 fully saturated rings. The molecule has 0 unspecified atom stereocenters. The maximum atomic E-state index is 13.5. The van der Waals surface area contributed by atoms with Crippen LogP contribution in [0.4, 0.5) is 13.2 Å². The van der Waals surface area contributed by atoms with Crippen LogP contribution in [0.15, 0.2) is 21.4 Å². The summed E-state index contributed by atoms with van der Waals surface area (Å²) in [6.45, 7) is 7.98. The molecular formula is C23H26Cl2F3N5O5S2. The van der Waals surface area contributed by atoms with E-state index in [0.717, 1.165) is 17.4 Å². The van der Waals surface area contributed by atoms with Gasteiger partial charge in [0.2, 0.25) is 15.9 Å². The number of nitrogens with zero attached hydrogens (tertiary/aromatic N) is 4. The molecule has 0 aliphatic rings. The van der Waals surface area contributed by atoms with Gasteiger partial charge in [0.15, 0.2) is 5.01 Å². The largest absolute Gasteiger partial charge is 0.415 e. The fourth-order valence-corrected chi connectivity index (χ4v) is 6.56. The standard InChI is InChI=1S/C23H26Cl2F3N5O5S2/c1-6-10-33(7-2)20(34)16-17(39-19(29-16)18-30-31-21(38-18)22(4,5)35)12-8-9-13(15(25)14(12)24)40(36,37)32-11(3)23(26,27)28/h8-9,11,32,35H,6-7,10H2,1-5H3/t11-/m0/s1. The number of amides is 1. The summed E-state index contributed by atoms with van der Waals surface area (Å²) in [7, 11) is -4.73. The smallest absolute Gasteiger partial charge is 0.404 e. The van der Waals surface area contributed by atoms with Gasteiger partial charge >= 0.3 is 6.18 Å². The van der Waals surface area contributed by atoms with Crippen LogP contribution >= 0.6 is 34.5 Å². The number of sulfonamides is 1.